The number of benzene rings is 1. The van der Waals surface area contributed by atoms with Crippen molar-refractivity contribution in [1.29, 1.82) is 0 Å². The summed E-state index contributed by atoms with van der Waals surface area (Å²) in [4.78, 5) is 13.4. The third-order valence-corrected chi connectivity index (χ3v) is 2.83. The molecule has 1 aromatic heterocycles. The number of nitrogens with zero attached hydrogens (tertiary/aromatic N) is 1. The molecule has 94 valence electrons. The van der Waals surface area contributed by atoms with Gasteiger partial charge in [-0.3, -0.25) is 4.79 Å². The van der Waals surface area contributed by atoms with Gasteiger partial charge in [0.2, 0.25) is 5.91 Å². The molecule has 0 fully saturated rings. The summed E-state index contributed by atoms with van der Waals surface area (Å²) in [5, 5.41) is 0.505. The van der Waals surface area contributed by atoms with E-state index in [0.717, 1.165) is 0 Å². The molecule has 2 rings (SSSR count). The molecule has 1 heterocycles. The first-order valence-corrected chi connectivity index (χ1v) is 5.87. The highest BCUT2D eigenvalue weighted by atomic mass is 35.5. The number of hydrogen-bond donors (Lipinski definition) is 1. The van der Waals surface area contributed by atoms with Crippen LogP contribution in [0.15, 0.2) is 47.1 Å². The van der Waals surface area contributed by atoms with Gasteiger partial charge in [-0.1, -0.05) is 23.7 Å². The quantitative estimate of drug-likeness (QED) is 0.923. The topological polar surface area (TPSA) is 59.5 Å². The molecular formula is C13H13ClN2O2. The Morgan fingerprint density at radius 3 is 2.67 bits per heavy atom. The van der Waals surface area contributed by atoms with Gasteiger partial charge in [0.05, 0.1) is 30.1 Å². The number of para-hydroxylation sites is 1. The summed E-state index contributed by atoms with van der Waals surface area (Å²) in [7, 11) is 0. The Morgan fingerprint density at radius 1 is 1.28 bits per heavy atom. The van der Waals surface area contributed by atoms with E-state index < -0.39 is 0 Å². The highest BCUT2D eigenvalue weighted by Gasteiger charge is 2.18. The number of anilines is 1. The number of hydrogen-bond acceptors (Lipinski definition) is 3. The molecule has 2 aromatic rings. The van der Waals surface area contributed by atoms with E-state index in [1.54, 1.807) is 30.5 Å². The Balaban J connectivity index is 2.31. The second-order valence-corrected chi connectivity index (χ2v) is 4.12. The van der Waals surface area contributed by atoms with Crippen LogP contribution in [0.4, 0.5) is 5.69 Å². The van der Waals surface area contributed by atoms with Gasteiger partial charge in [-0.05, 0) is 24.3 Å². The van der Waals surface area contributed by atoms with Crippen molar-refractivity contribution in [3.8, 4) is 0 Å². The average molecular weight is 265 g/mol. The number of carbonyl (C=O) groups excluding carboxylic acids is 1. The van der Waals surface area contributed by atoms with E-state index in [4.69, 9.17) is 21.8 Å². The number of halogens is 1. The molecule has 1 amide bonds. The van der Waals surface area contributed by atoms with Crippen molar-refractivity contribution >= 4 is 23.2 Å². The molecule has 0 saturated carbocycles. The van der Waals surface area contributed by atoms with Crippen LogP contribution in [0.2, 0.25) is 5.02 Å². The van der Waals surface area contributed by atoms with Crippen LogP contribution in [-0.4, -0.2) is 12.5 Å². The van der Waals surface area contributed by atoms with Gasteiger partial charge in [0.25, 0.3) is 0 Å². The fourth-order valence-electron chi connectivity index (χ4n) is 1.65. The monoisotopic (exact) mass is 264 g/mol. The zero-order chi connectivity index (χ0) is 13.0. The van der Waals surface area contributed by atoms with Crippen molar-refractivity contribution in [3.63, 3.8) is 0 Å². The van der Waals surface area contributed by atoms with Gasteiger partial charge in [-0.2, -0.15) is 0 Å². The molecule has 18 heavy (non-hydrogen) atoms. The highest BCUT2D eigenvalue weighted by molar-refractivity contribution is 6.33. The van der Waals surface area contributed by atoms with E-state index in [1.165, 1.54) is 4.90 Å². The lowest BCUT2D eigenvalue weighted by molar-refractivity contribution is -0.117. The largest absolute Gasteiger partial charge is 0.467 e. The highest BCUT2D eigenvalue weighted by Crippen LogP contribution is 2.26. The maximum Gasteiger partial charge on any atom is 0.241 e. The van der Waals surface area contributed by atoms with Crippen LogP contribution in [0.3, 0.4) is 0 Å². The smallest absolute Gasteiger partial charge is 0.241 e. The molecule has 0 spiro atoms. The van der Waals surface area contributed by atoms with Gasteiger partial charge < -0.3 is 15.1 Å². The van der Waals surface area contributed by atoms with E-state index in [-0.39, 0.29) is 12.5 Å². The summed E-state index contributed by atoms with van der Waals surface area (Å²) < 4.78 is 5.24. The Hall–Kier alpha value is -1.78. The maximum absolute atomic E-state index is 11.9. The second-order valence-electron chi connectivity index (χ2n) is 3.71. The number of amides is 1. The van der Waals surface area contributed by atoms with E-state index in [1.807, 2.05) is 12.1 Å². The Morgan fingerprint density at radius 2 is 2.06 bits per heavy atom. The minimum absolute atomic E-state index is 0.0774. The lowest BCUT2D eigenvalue weighted by Gasteiger charge is -2.22. The molecule has 1 aromatic carbocycles. The first kappa shape index (κ1) is 12.7. The molecule has 0 atom stereocenters. The Kier molecular flexibility index (Phi) is 4.02. The summed E-state index contributed by atoms with van der Waals surface area (Å²) in [5.74, 6) is 0.469. The predicted molar refractivity (Wildman–Crippen MR) is 70.4 cm³/mol. The van der Waals surface area contributed by atoms with Crippen LogP contribution in [0.1, 0.15) is 5.76 Å². The van der Waals surface area contributed by atoms with Gasteiger partial charge in [-0.25, -0.2) is 0 Å². The summed E-state index contributed by atoms with van der Waals surface area (Å²) in [6.45, 7) is 0.235. The first-order valence-electron chi connectivity index (χ1n) is 5.49. The van der Waals surface area contributed by atoms with E-state index in [0.29, 0.717) is 23.0 Å². The molecule has 0 aliphatic carbocycles. The van der Waals surface area contributed by atoms with Crippen molar-refractivity contribution in [3.05, 3.63) is 53.4 Å². The molecule has 0 aliphatic rings. The SMILES string of the molecule is NCC(=O)N(Cc1ccco1)c1ccccc1Cl. The first-order chi connectivity index (χ1) is 8.72. The van der Waals surface area contributed by atoms with Crippen molar-refractivity contribution in [2.75, 3.05) is 11.4 Å². The Bertz CT molecular complexity index is 526. The second kappa shape index (κ2) is 5.71. The number of furan rings is 1. The van der Waals surface area contributed by atoms with Crippen LogP contribution in [0, 0.1) is 0 Å². The van der Waals surface area contributed by atoms with Crippen molar-refractivity contribution < 1.29 is 9.21 Å². The zero-order valence-electron chi connectivity index (χ0n) is 9.67. The minimum Gasteiger partial charge on any atom is -0.467 e. The lowest BCUT2D eigenvalue weighted by Crippen LogP contribution is -2.35. The number of nitrogens with two attached hydrogens (primary N) is 1. The van der Waals surface area contributed by atoms with Gasteiger partial charge in [-0.15, -0.1) is 0 Å². The van der Waals surface area contributed by atoms with Gasteiger partial charge in [0, 0.05) is 0 Å². The molecule has 0 radical (unpaired) electrons. The minimum atomic E-state index is -0.209. The van der Waals surface area contributed by atoms with Gasteiger partial charge in [0.1, 0.15) is 5.76 Å². The molecular weight excluding hydrogens is 252 g/mol. The van der Waals surface area contributed by atoms with Crippen molar-refractivity contribution in [1.82, 2.24) is 0 Å². The third kappa shape index (κ3) is 2.72. The fraction of sp³-hybridized carbons (Fsp3) is 0.154. The summed E-state index contributed by atoms with van der Waals surface area (Å²) in [6.07, 6.45) is 1.56. The molecule has 4 nitrogen and oxygen atoms in total. The van der Waals surface area contributed by atoms with Gasteiger partial charge >= 0.3 is 0 Å². The molecule has 2 N–H and O–H groups in total. The van der Waals surface area contributed by atoms with Crippen LogP contribution in [0.5, 0.6) is 0 Å². The summed E-state index contributed by atoms with van der Waals surface area (Å²) in [6, 6.07) is 10.7. The summed E-state index contributed by atoms with van der Waals surface area (Å²) >= 11 is 6.09. The lowest BCUT2D eigenvalue weighted by atomic mass is 10.2. The number of carbonyl (C=O) groups is 1. The van der Waals surface area contributed by atoms with Crippen molar-refractivity contribution in [2.24, 2.45) is 5.73 Å². The zero-order valence-corrected chi connectivity index (χ0v) is 10.4. The maximum atomic E-state index is 11.9. The average Bonchev–Trinajstić information content (AvgIpc) is 2.89. The van der Waals surface area contributed by atoms with E-state index in [9.17, 15) is 4.79 Å². The normalized spacial score (nSPS) is 10.3. The molecule has 0 aliphatic heterocycles. The summed E-state index contributed by atoms with van der Waals surface area (Å²) in [5.41, 5.74) is 6.05. The van der Waals surface area contributed by atoms with E-state index >= 15 is 0 Å². The molecule has 5 heteroatoms. The molecule has 0 unspecified atom stereocenters. The molecule has 0 saturated heterocycles. The third-order valence-electron chi connectivity index (χ3n) is 2.51. The molecule has 0 bridgehead atoms. The van der Waals surface area contributed by atoms with Gasteiger partial charge in [0.15, 0.2) is 0 Å². The van der Waals surface area contributed by atoms with E-state index in [2.05, 4.69) is 0 Å². The van der Waals surface area contributed by atoms with Crippen LogP contribution in [0.25, 0.3) is 0 Å². The van der Waals surface area contributed by atoms with Crippen molar-refractivity contribution in [2.45, 2.75) is 6.54 Å². The Labute approximate surface area is 110 Å². The standard InChI is InChI=1S/C13H13ClN2O2/c14-11-5-1-2-6-12(11)16(13(17)8-15)9-10-4-3-7-18-10/h1-7H,8-9,15H2. The van der Waals surface area contributed by atoms with Crippen LogP contribution in [-0.2, 0) is 11.3 Å². The van der Waals surface area contributed by atoms with Crippen LogP contribution >= 0.6 is 11.6 Å². The number of rotatable bonds is 4. The fourth-order valence-corrected chi connectivity index (χ4v) is 1.88. The predicted octanol–water partition coefficient (Wildman–Crippen LogP) is 2.42. The van der Waals surface area contributed by atoms with Crippen LogP contribution < -0.4 is 10.6 Å².